The van der Waals surface area contributed by atoms with E-state index in [2.05, 4.69) is 38.1 Å². The molecule has 0 saturated carbocycles. The van der Waals surface area contributed by atoms with Gasteiger partial charge in [0.25, 0.3) is 5.91 Å². The van der Waals surface area contributed by atoms with E-state index in [1.165, 1.54) is 0 Å². The minimum atomic E-state index is -0.111. The molecule has 2 heterocycles. The van der Waals surface area contributed by atoms with Gasteiger partial charge in [0.15, 0.2) is 5.13 Å². The van der Waals surface area contributed by atoms with Crippen LogP contribution in [0.4, 0.5) is 10.8 Å². The third kappa shape index (κ3) is 3.75. The third-order valence-corrected chi connectivity index (χ3v) is 6.12. The highest BCUT2D eigenvalue weighted by Crippen LogP contribution is 2.31. The Kier molecular flexibility index (Phi) is 4.93. The van der Waals surface area contributed by atoms with E-state index in [1.54, 1.807) is 23.5 Å². The topological polar surface area (TPSA) is 48.5 Å². The van der Waals surface area contributed by atoms with Crippen LogP contribution < -0.4 is 10.2 Å². The Bertz CT molecular complexity index is 932. The molecule has 0 radical (unpaired) electrons. The second-order valence-electron chi connectivity index (χ2n) is 6.43. The van der Waals surface area contributed by atoms with Gasteiger partial charge in [0.2, 0.25) is 0 Å². The maximum atomic E-state index is 12.4. The van der Waals surface area contributed by atoms with Crippen LogP contribution in [-0.4, -0.2) is 49.0 Å². The lowest BCUT2D eigenvalue weighted by atomic mass is 10.2. The summed E-state index contributed by atoms with van der Waals surface area (Å²) in [6.45, 7) is 4.13. The Morgan fingerprint density at radius 2 is 1.85 bits per heavy atom. The Morgan fingerprint density at radius 3 is 2.58 bits per heavy atom. The van der Waals surface area contributed by atoms with E-state index in [1.807, 2.05) is 30.3 Å². The van der Waals surface area contributed by atoms with Gasteiger partial charge in [-0.25, -0.2) is 4.98 Å². The lowest BCUT2D eigenvalue weighted by molar-refractivity contribution is 0.102. The number of benzene rings is 2. The summed E-state index contributed by atoms with van der Waals surface area (Å²) in [5.41, 5.74) is 2.40. The molecule has 3 aromatic rings. The van der Waals surface area contributed by atoms with Gasteiger partial charge in [0.1, 0.15) is 0 Å². The number of aromatic nitrogens is 1. The van der Waals surface area contributed by atoms with E-state index in [4.69, 9.17) is 4.98 Å². The van der Waals surface area contributed by atoms with Crippen molar-refractivity contribution in [2.45, 2.75) is 0 Å². The molecule has 1 amide bonds. The van der Waals surface area contributed by atoms with Gasteiger partial charge in [0, 0.05) is 41.9 Å². The predicted octanol–water partition coefficient (Wildman–Crippen LogP) is 4.06. The van der Waals surface area contributed by atoms with Crippen molar-refractivity contribution in [1.29, 1.82) is 0 Å². The van der Waals surface area contributed by atoms with Crippen LogP contribution in [0.1, 0.15) is 10.4 Å². The number of carbonyl (C=O) groups is 1. The zero-order chi connectivity index (χ0) is 18.1. The van der Waals surface area contributed by atoms with Crippen molar-refractivity contribution in [3.8, 4) is 0 Å². The fourth-order valence-electron chi connectivity index (χ4n) is 2.93. The van der Waals surface area contributed by atoms with Crippen LogP contribution in [0.25, 0.3) is 10.2 Å². The molecule has 1 saturated heterocycles. The summed E-state index contributed by atoms with van der Waals surface area (Å²) in [6.07, 6.45) is 0. The number of piperazine rings is 1. The highest BCUT2D eigenvalue weighted by molar-refractivity contribution is 9.10. The third-order valence-electron chi connectivity index (χ3n) is 4.52. The summed E-state index contributed by atoms with van der Waals surface area (Å²) in [5.74, 6) is -0.111. The zero-order valence-electron chi connectivity index (χ0n) is 14.4. The molecule has 5 nitrogen and oxygen atoms in total. The van der Waals surface area contributed by atoms with Crippen LogP contribution in [-0.2, 0) is 0 Å². The largest absolute Gasteiger partial charge is 0.345 e. The smallest absolute Gasteiger partial charge is 0.255 e. The lowest BCUT2D eigenvalue weighted by Gasteiger charge is -2.31. The molecule has 0 aliphatic carbocycles. The number of thiazole rings is 1. The predicted molar refractivity (Wildman–Crippen MR) is 111 cm³/mol. The maximum absolute atomic E-state index is 12.4. The lowest BCUT2D eigenvalue weighted by Crippen LogP contribution is -2.44. The highest BCUT2D eigenvalue weighted by Gasteiger charge is 2.18. The molecular formula is C19H19BrN4OS. The van der Waals surface area contributed by atoms with Crippen molar-refractivity contribution in [2.24, 2.45) is 0 Å². The number of hydrogen-bond donors (Lipinski definition) is 1. The number of nitrogens with zero attached hydrogens (tertiary/aromatic N) is 3. The molecule has 0 unspecified atom stereocenters. The summed E-state index contributed by atoms with van der Waals surface area (Å²) in [5, 5.41) is 4.03. The number of amides is 1. The van der Waals surface area contributed by atoms with E-state index in [-0.39, 0.29) is 5.91 Å². The van der Waals surface area contributed by atoms with Crippen LogP contribution in [0, 0.1) is 0 Å². The molecule has 2 aromatic carbocycles. The monoisotopic (exact) mass is 430 g/mol. The number of rotatable bonds is 3. The summed E-state index contributed by atoms with van der Waals surface area (Å²) < 4.78 is 2.05. The number of nitrogens with one attached hydrogen (secondary N) is 1. The van der Waals surface area contributed by atoms with Crippen LogP contribution in [0.2, 0.25) is 0 Å². The van der Waals surface area contributed by atoms with Gasteiger partial charge >= 0.3 is 0 Å². The van der Waals surface area contributed by atoms with Crippen LogP contribution in [0.15, 0.2) is 46.9 Å². The fourth-order valence-corrected chi connectivity index (χ4v) is 4.25. The standard InChI is InChI=1S/C19H19BrN4OS/c1-23-8-10-24(11-9-23)19-22-16-7-6-15(12-17(16)26-19)21-18(25)13-2-4-14(20)5-3-13/h2-7,12H,8-11H2,1H3,(H,21,25). The van der Waals surface area contributed by atoms with Crippen LogP contribution in [0.5, 0.6) is 0 Å². The van der Waals surface area contributed by atoms with Gasteiger partial charge in [-0.3, -0.25) is 4.79 Å². The van der Waals surface area contributed by atoms with E-state index in [0.717, 1.165) is 51.7 Å². The van der Waals surface area contributed by atoms with Gasteiger partial charge in [-0.1, -0.05) is 27.3 Å². The van der Waals surface area contributed by atoms with Gasteiger partial charge in [-0.2, -0.15) is 0 Å². The molecular weight excluding hydrogens is 412 g/mol. The maximum Gasteiger partial charge on any atom is 0.255 e. The average Bonchev–Trinajstić information content (AvgIpc) is 3.06. The minimum Gasteiger partial charge on any atom is -0.345 e. The molecule has 1 fully saturated rings. The molecule has 7 heteroatoms. The van der Waals surface area contributed by atoms with Crippen molar-refractivity contribution in [1.82, 2.24) is 9.88 Å². The van der Waals surface area contributed by atoms with Crippen molar-refractivity contribution < 1.29 is 4.79 Å². The van der Waals surface area contributed by atoms with Gasteiger partial charge in [-0.15, -0.1) is 0 Å². The SMILES string of the molecule is CN1CCN(c2nc3ccc(NC(=O)c4ccc(Br)cc4)cc3s2)CC1. The molecule has 0 bridgehead atoms. The van der Waals surface area contributed by atoms with Gasteiger partial charge < -0.3 is 15.1 Å². The number of carbonyl (C=O) groups excluding carboxylic acids is 1. The molecule has 1 aliphatic heterocycles. The quantitative estimate of drug-likeness (QED) is 0.680. The van der Waals surface area contributed by atoms with E-state index in [0.29, 0.717) is 5.56 Å². The van der Waals surface area contributed by atoms with E-state index < -0.39 is 0 Å². The van der Waals surface area contributed by atoms with E-state index >= 15 is 0 Å². The zero-order valence-corrected chi connectivity index (χ0v) is 16.8. The summed E-state index contributed by atoms with van der Waals surface area (Å²) in [7, 11) is 2.15. The van der Waals surface area contributed by atoms with Crippen molar-refractivity contribution in [3.05, 3.63) is 52.5 Å². The number of anilines is 2. The molecule has 134 valence electrons. The van der Waals surface area contributed by atoms with Gasteiger partial charge in [0.05, 0.1) is 10.2 Å². The van der Waals surface area contributed by atoms with Crippen LogP contribution >= 0.6 is 27.3 Å². The Labute approximate surface area is 164 Å². The molecule has 0 spiro atoms. The number of fused-ring (bicyclic) bond motifs is 1. The number of likely N-dealkylation sites (N-methyl/N-ethyl adjacent to an activating group) is 1. The highest BCUT2D eigenvalue weighted by atomic mass is 79.9. The normalized spacial score (nSPS) is 15.4. The van der Waals surface area contributed by atoms with Gasteiger partial charge in [-0.05, 0) is 49.5 Å². The first kappa shape index (κ1) is 17.5. The summed E-state index contributed by atoms with van der Waals surface area (Å²) >= 11 is 5.07. The minimum absolute atomic E-state index is 0.111. The molecule has 1 aromatic heterocycles. The average molecular weight is 431 g/mol. The molecule has 0 atom stereocenters. The first-order valence-corrected chi connectivity index (χ1v) is 10.1. The second kappa shape index (κ2) is 7.34. The Hall–Kier alpha value is -1.96. The first-order valence-electron chi connectivity index (χ1n) is 8.49. The molecule has 26 heavy (non-hydrogen) atoms. The Balaban J connectivity index is 1.52. The second-order valence-corrected chi connectivity index (χ2v) is 8.36. The summed E-state index contributed by atoms with van der Waals surface area (Å²) in [6, 6.07) is 13.2. The molecule has 4 rings (SSSR count). The first-order chi connectivity index (χ1) is 12.6. The van der Waals surface area contributed by atoms with Crippen molar-refractivity contribution >= 4 is 54.2 Å². The Morgan fingerprint density at radius 1 is 1.12 bits per heavy atom. The number of halogens is 1. The summed E-state index contributed by atoms with van der Waals surface area (Å²) in [4.78, 5) is 21.8. The molecule has 1 aliphatic rings. The number of hydrogen-bond acceptors (Lipinski definition) is 5. The van der Waals surface area contributed by atoms with E-state index in [9.17, 15) is 4.79 Å². The van der Waals surface area contributed by atoms with Crippen molar-refractivity contribution in [2.75, 3.05) is 43.4 Å². The van der Waals surface area contributed by atoms with Crippen molar-refractivity contribution in [3.63, 3.8) is 0 Å². The molecule has 1 N–H and O–H groups in total. The fraction of sp³-hybridized carbons (Fsp3) is 0.263. The van der Waals surface area contributed by atoms with Crippen LogP contribution in [0.3, 0.4) is 0 Å².